The van der Waals surface area contributed by atoms with E-state index >= 15 is 0 Å². The van der Waals surface area contributed by atoms with Crippen molar-refractivity contribution >= 4 is 34.1 Å². The molecular weight excluding hydrogens is 375 g/mol. The summed E-state index contributed by atoms with van der Waals surface area (Å²) in [5.74, 6) is -3.78. The zero-order chi connectivity index (χ0) is 19.7. The van der Waals surface area contributed by atoms with Gasteiger partial charge in [-0.1, -0.05) is 0 Å². The van der Waals surface area contributed by atoms with E-state index in [2.05, 4.69) is 4.74 Å². The molecule has 0 saturated carbocycles. The molecule has 1 aliphatic carbocycles. The van der Waals surface area contributed by atoms with Crippen molar-refractivity contribution in [3.63, 3.8) is 0 Å². The van der Waals surface area contributed by atoms with Gasteiger partial charge in [0.05, 0.1) is 12.7 Å². The molecule has 2 rings (SSSR count). The number of nitrogens with two attached hydrogens (primary N) is 1. The van der Waals surface area contributed by atoms with Crippen LogP contribution < -0.4 is 16.4 Å². The first kappa shape index (κ1) is 20.0. The summed E-state index contributed by atoms with van der Waals surface area (Å²) in [7, 11) is 0.765. The molecule has 1 atom stereocenters. The minimum absolute atomic E-state index is 0.0902. The number of hydrogen-bond donors (Lipinski definition) is 3. The molecule has 7 nitrogen and oxygen atoms in total. The Morgan fingerprint density at radius 2 is 1.81 bits per heavy atom. The second-order valence-corrected chi connectivity index (χ2v) is 6.93. The molecule has 0 bridgehead atoms. The van der Waals surface area contributed by atoms with Crippen LogP contribution in [0.2, 0.25) is 0 Å². The average Bonchev–Trinajstić information content (AvgIpc) is 2.89. The van der Waals surface area contributed by atoms with E-state index in [1.165, 1.54) is 0 Å². The number of amides is 2. The predicted molar refractivity (Wildman–Crippen MR) is 87.7 cm³/mol. The lowest BCUT2D eigenvalue weighted by molar-refractivity contribution is -0.206. The highest BCUT2D eigenvalue weighted by atomic mass is 32.1. The number of alkyl halides is 3. The van der Waals surface area contributed by atoms with Crippen LogP contribution in [0.3, 0.4) is 0 Å². The van der Waals surface area contributed by atoms with E-state index in [0.717, 1.165) is 43.1 Å². The number of halogens is 3. The number of rotatable bonds is 5. The third kappa shape index (κ3) is 3.48. The molecule has 1 aromatic rings. The van der Waals surface area contributed by atoms with Crippen molar-refractivity contribution < 1.29 is 32.3 Å². The van der Waals surface area contributed by atoms with Gasteiger partial charge in [0.25, 0.3) is 5.91 Å². The number of carbonyl (C=O) groups is 3. The molecule has 0 aromatic carbocycles. The van der Waals surface area contributed by atoms with E-state index in [4.69, 9.17) is 5.73 Å². The number of hydrogen-bond acceptors (Lipinski definition) is 6. The maximum Gasteiger partial charge on any atom is 0.441 e. The molecule has 0 fully saturated rings. The largest absolute Gasteiger partial charge is 0.466 e. The Kier molecular flexibility index (Phi) is 5.49. The first-order valence-electron chi connectivity index (χ1n) is 7.70. The quantitative estimate of drug-likeness (QED) is 0.521. The van der Waals surface area contributed by atoms with E-state index in [0.29, 0.717) is 18.4 Å². The number of aryl methyl sites for hydroxylation is 1. The van der Waals surface area contributed by atoms with Crippen LogP contribution in [0.1, 0.15) is 40.6 Å². The summed E-state index contributed by atoms with van der Waals surface area (Å²) in [5.41, 5.74) is 2.32. The molecule has 0 saturated heterocycles. The van der Waals surface area contributed by atoms with Crippen LogP contribution in [-0.2, 0) is 27.2 Å². The molecule has 11 heteroatoms. The van der Waals surface area contributed by atoms with E-state index in [1.807, 2.05) is 5.32 Å². The zero-order valence-corrected chi connectivity index (χ0v) is 14.9. The fourth-order valence-corrected chi connectivity index (χ4v) is 4.24. The first-order chi connectivity index (χ1) is 12.0. The van der Waals surface area contributed by atoms with Gasteiger partial charge < -0.3 is 21.1 Å². The lowest BCUT2D eigenvalue weighted by Gasteiger charge is -2.34. The maximum atomic E-state index is 13.8. The van der Waals surface area contributed by atoms with Crippen molar-refractivity contribution in [3.05, 3.63) is 16.0 Å². The Hall–Kier alpha value is -2.30. The van der Waals surface area contributed by atoms with Gasteiger partial charge in [-0.25, -0.2) is 4.79 Å². The molecule has 1 heterocycles. The number of carbonyl (C=O) groups excluding carboxylic acids is 3. The van der Waals surface area contributed by atoms with E-state index < -0.39 is 29.6 Å². The van der Waals surface area contributed by atoms with Gasteiger partial charge in [-0.15, -0.1) is 11.3 Å². The Labute approximate surface area is 151 Å². The maximum absolute atomic E-state index is 13.8. The van der Waals surface area contributed by atoms with Gasteiger partial charge >= 0.3 is 17.8 Å². The number of methoxy groups -OCH3 is 1. The highest BCUT2D eigenvalue weighted by molar-refractivity contribution is 7.16. The number of thiophene rings is 1. The Morgan fingerprint density at radius 3 is 2.31 bits per heavy atom. The van der Waals surface area contributed by atoms with Crippen molar-refractivity contribution in [2.75, 3.05) is 12.4 Å². The summed E-state index contributed by atoms with van der Waals surface area (Å²) in [6.07, 6.45) is -2.54. The number of primary amides is 1. The van der Waals surface area contributed by atoms with Crippen molar-refractivity contribution in [1.29, 1.82) is 0 Å². The Morgan fingerprint density at radius 1 is 1.19 bits per heavy atom. The fraction of sp³-hybridized carbons (Fsp3) is 0.533. The minimum atomic E-state index is -5.24. The highest BCUT2D eigenvalue weighted by Crippen LogP contribution is 2.41. The number of anilines is 1. The average molecular weight is 393 g/mol. The fourth-order valence-electron chi connectivity index (χ4n) is 2.89. The molecule has 26 heavy (non-hydrogen) atoms. The highest BCUT2D eigenvalue weighted by Gasteiger charge is 2.63. The minimum Gasteiger partial charge on any atom is -0.466 e. The van der Waals surface area contributed by atoms with Crippen LogP contribution in [0, 0.1) is 0 Å². The monoisotopic (exact) mass is 393 g/mol. The van der Waals surface area contributed by atoms with Crippen LogP contribution in [0.4, 0.5) is 18.2 Å². The molecule has 1 aliphatic rings. The standard InChI is InChI=1S/C15H18F3N3O4S/c1-7(22)20-14(13(24)25-2,15(16,17)18)21-12-10(11(19)23)8-5-3-4-6-9(8)26-12/h21H,3-6H2,1-2H3,(H2,19,23)(H,20,22)/t14-/m1/s1. The van der Waals surface area contributed by atoms with Gasteiger partial charge in [0.1, 0.15) is 5.00 Å². The van der Waals surface area contributed by atoms with E-state index in [9.17, 15) is 27.6 Å². The van der Waals surface area contributed by atoms with Crippen LogP contribution in [-0.4, -0.2) is 36.7 Å². The van der Waals surface area contributed by atoms with Crippen molar-refractivity contribution in [2.45, 2.75) is 44.4 Å². The lowest BCUT2D eigenvalue weighted by atomic mass is 9.95. The van der Waals surface area contributed by atoms with Crippen molar-refractivity contribution in [2.24, 2.45) is 5.73 Å². The SMILES string of the molecule is COC(=O)[C@@](NC(C)=O)(Nc1sc2c(c1C(N)=O)CCCC2)C(F)(F)F. The number of esters is 1. The number of fused-ring (bicyclic) bond motifs is 1. The molecule has 144 valence electrons. The third-order valence-electron chi connectivity index (χ3n) is 4.00. The summed E-state index contributed by atoms with van der Waals surface area (Å²) in [4.78, 5) is 36.0. The predicted octanol–water partition coefficient (Wildman–Crippen LogP) is 1.71. The second kappa shape index (κ2) is 7.14. The van der Waals surface area contributed by atoms with Crippen LogP contribution in [0.25, 0.3) is 0 Å². The van der Waals surface area contributed by atoms with Gasteiger partial charge in [-0.3, -0.25) is 9.59 Å². The summed E-state index contributed by atoms with van der Waals surface area (Å²) in [6, 6.07) is 0. The van der Waals surface area contributed by atoms with E-state index in [-0.39, 0.29) is 10.6 Å². The Bertz CT molecular complexity index is 747. The van der Waals surface area contributed by atoms with Gasteiger partial charge in [-0.2, -0.15) is 13.2 Å². The molecule has 4 N–H and O–H groups in total. The number of nitrogens with one attached hydrogen (secondary N) is 2. The lowest BCUT2D eigenvalue weighted by Crippen LogP contribution is -2.69. The zero-order valence-electron chi connectivity index (χ0n) is 14.1. The topological polar surface area (TPSA) is 111 Å². The van der Waals surface area contributed by atoms with Crippen LogP contribution >= 0.6 is 11.3 Å². The summed E-state index contributed by atoms with van der Waals surface area (Å²) < 4.78 is 45.6. The van der Waals surface area contributed by atoms with Crippen LogP contribution in [0.5, 0.6) is 0 Å². The van der Waals surface area contributed by atoms with Crippen molar-refractivity contribution in [1.82, 2.24) is 5.32 Å². The molecule has 0 radical (unpaired) electrons. The van der Waals surface area contributed by atoms with Gasteiger partial charge in [0.15, 0.2) is 0 Å². The number of ether oxygens (including phenoxy) is 1. The van der Waals surface area contributed by atoms with E-state index in [1.54, 1.807) is 5.32 Å². The molecule has 2 amide bonds. The Balaban J connectivity index is 2.62. The van der Waals surface area contributed by atoms with Gasteiger partial charge in [-0.05, 0) is 31.2 Å². The van der Waals surface area contributed by atoms with Crippen LogP contribution in [0.15, 0.2) is 0 Å². The third-order valence-corrected chi connectivity index (χ3v) is 5.21. The molecule has 1 aromatic heterocycles. The summed E-state index contributed by atoms with van der Waals surface area (Å²) >= 11 is 0.917. The summed E-state index contributed by atoms with van der Waals surface area (Å²) in [5, 5.41) is 3.37. The summed E-state index contributed by atoms with van der Waals surface area (Å²) in [6.45, 7) is 0.833. The first-order valence-corrected chi connectivity index (χ1v) is 8.51. The van der Waals surface area contributed by atoms with Gasteiger partial charge in [0.2, 0.25) is 5.91 Å². The second-order valence-electron chi connectivity index (χ2n) is 5.82. The normalized spacial score (nSPS) is 16.2. The van der Waals surface area contributed by atoms with Crippen molar-refractivity contribution in [3.8, 4) is 0 Å². The van der Waals surface area contributed by atoms with Gasteiger partial charge in [0, 0.05) is 11.8 Å². The smallest absolute Gasteiger partial charge is 0.441 e. The molecular formula is C15H18F3N3O4S. The molecule has 0 spiro atoms. The molecule has 0 aliphatic heterocycles. The molecule has 0 unspecified atom stereocenters.